The van der Waals surface area contributed by atoms with E-state index in [1.165, 1.54) is 6.07 Å². The molecular weight excluding hydrogens is 412 g/mol. The Kier molecular flexibility index (Phi) is 5.89. The van der Waals surface area contributed by atoms with Crippen molar-refractivity contribution in [2.45, 2.75) is 25.9 Å². The highest BCUT2D eigenvalue weighted by Crippen LogP contribution is 2.41. The van der Waals surface area contributed by atoms with E-state index in [1.807, 2.05) is 44.2 Å². The molecule has 3 aromatic rings. The van der Waals surface area contributed by atoms with Crippen LogP contribution in [-0.4, -0.2) is 30.1 Å². The monoisotopic (exact) mass is 435 g/mol. The number of hydrogen-bond donors (Lipinski definition) is 0. The number of aromatic nitrogens is 1. The lowest BCUT2D eigenvalue weighted by Crippen LogP contribution is -2.38. The Morgan fingerprint density at radius 1 is 1.09 bits per heavy atom. The van der Waals surface area contributed by atoms with Crippen LogP contribution in [0.3, 0.4) is 0 Å². The molecule has 4 nitrogen and oxygen atoms in total. The maximum atomic E-state index is 13.9. The molecule has 1 aliphatic heterocycles. The van der Waals surface area contributed by atoms with Gasteiger partial charge in [-0.2, -0.15) is 0 Å². The normalized spacial score (nSPS) is 17.3. The number of halogens is 2. The zero-order valence-corrected chi connectivity index (χ0v) is 18.1. The minimum atomic E-state index is -0.872. The second-order valence-corrected chi connectivity index (χ2v) is 8.09. The maximum absolute atomic E-state index is 13.9. The number of hydrogen-bond acceptors (Lipinski definition) is 4. The van der Waals surface area contributed by atoms with Crippen molar-refractivity contribution in [2.24, 2.45) is 0 Å². The van der Waals surface area contributed by atoms with Gasteiger partial charge in [0.25, 0.3) is 0 Å². The summed E-state index contributed by atoms with van der Waals surface area (Å²) in [6.45, 7) is 4.32. The summed E-state index contributed by atoms with van der Waals surface area (Å²) >= 11 is 0. The van der Waals surface area contributed by atoms with Gasteiger partial charge < -0.3 is 9.47 Å². The molecular formula is C26H23F2NO3. The lowest BCUT2D eigenvalue weighted by atomic mass is 9.89. The van der Waals surface area contributed by atoms with Gasteiger partial charge in [0, 0.05) is 30.1 Å². The predicted octanol–water partition coefficient (Wildman–Crippen LogP) is 5.32. The second kappa shape index (κ2) is 8.63. The molecule has 2 heterocycles. The zero-order valence-electron chi connectivity index (χ0n) is 18.1. The number of ketones is 1. The topological polar surface area (TPSA) is 48.4 Å². The molecule has 32 heavy (non-hydrogen) atoms. The van der Waals surface area contributed by atoms with Gasteiger partial charge >= 0.3 is 0 Å². The number of fused-ring (bicyclic) bond motifs is 1. The van der Waals surface area contributed by atoms with Crippen LogP contribution in [0.2, 0.25) is 0 Å². The number of rotatable bonds is 6. The molecule has 0 saturated heterocycles. The van der Waals surface area contributed by atoms with Crippen LogP contribution < -0.4 is 4.74 Å². The van der Waals surface area contributed by atoms with Gasteiger partial charge in [-0.05, 0) is 49.3 Å². The van der Waals surface area contributed by atoms with E-state index < -0.39 is 28.6 Å². The van der Waals surface area contributed by atoms with Crippen LogP contribution >= 0.6 is 0 Å². The lowest BCUT2D eigenvalue weighted by Gasteiger charge is -2.34. The van der Waals surface area contributed by atoms with E-state index in [4.69, 9.17) is 9.47 Å². The molecule has 0 saturated carbocycles. The molecule has 0 N–H and O–H groups in total. The average molecular weight is 435 g/mol. The number of aryl methyl sites for hydroxylation is 1. The number of para-hydroxylation sites is 1. The van der Waals surface area contributed by atoms with E-state index >= 15 is 0 Å². The van der Waals surface area contributed by atoms with Crippen molar-refractivity contribution in [3.05, 3.63) is 100 Å². The first-order valence-corrected chi connectivity index (χ1v) is 10.2. The van der Waals surface area contributed by atoms with Gasteiger partial charge in [0.15, 0.2) is 5.78 Å². The van der Waals surface area contributed by atoms with Gasteiger partial charge in [0.05, 0.1) is 18.6 Å². The van der Waals surface area contributed by atoms with Gasteiger partial charge in [-0.25, -0.2) is 8.78 Å². The van der Waals surface area contributed by atoms with Gasteiger partial charge in [0.1, 0.15) is 23.0 Å². The van der Waals surface area contributed by atoms with E-state index in [9.17, 15) is 13.6 Å². The Balaban J connectivity index is 1.65. The minimum absolute atomic E-state index is 0.197. The molecule has 4 rings (SSSR count). The first kappa shape index (κ1) is 21.8. The summed E-state index contributed by atoms with van der Waals surface area (Å²) in [7, 11) is 1.63. The number of carbonyl (C=O) groups is 1. The Labute approximate surface area is 185 Å². The fraction of sp³-hybridized carbons (Fsp3) is 0.231. The number of Topliss-reactive ketones (excluding diaryl/α,β-unsaturated/α-hetero) is 1. The van der Waals surface area contributed by atoms with E-state index in [0.717, 1.165) is 40.1 Å². The van der Waals surface area contributed by atoms with Crippen LogP contribution in [0.15, 0.2) is 60.8 Å². The largest absolute Gasteiger partial charge is 0.480 e. The Bertz CT molecular complexity index is 1180. The first-order valence-electron chi connectivity index (χ1n) is 10.2. The molecule has 2 aromatic carbocycles. The minimum Gasteiger partial charge on any atom is -0.480 e. The molecule has 1 aromatic heterocycles. The molecule has 0 spiro atoms. The molecule has 1 atom stereocenters. The molecule has 6 heteroatoms. The van der Waals surface area contributed by atoms with Crippen molar-refractivity contribution in [1.82, 2.24) is 4.98 Å². The SMILES string of the molecule is COCC1(C)C=C(c2ccc(CC(=O)c3c(F)cccc3F)nc2)c2cccc(C)c2O1. The summed E-state index contributed by atoms with van der Waals surface area (Å²) in [5.74, 6) is -1.61. The average Bonchev–Trinajstić information content (AvgIpc) is 2.74. The molecule has 0 fully saturated rings. The van der Waals surface area contributed by atoms with Crippen LogP contribution in [-0.2, 0) is 11.2 Å². The lowest BCUT2D eigenvalue weighted by molar-refractivity contribution is 0.0369. The highest BCUT2D eigenvalue weighted by Gasteiger charge is 2.32. The number of benzene rings is 2. The van der Waals surface area contributed by atoms with Crippen LogP contribution in [0.1, 0.15) is 39.7 Å². The third kappa shape index (κ3) is 4.18. The summed E-state index contributed by atoms with van der Waals surface area (Å²) < 4.78 is 39.4. The Morgan fingerprint density at radius 2 is 1.81 bits per heavy atom. The van der Waals surface area contributed by atoms with Crippen molar-refractivity contribution in [2.75, 3.05) is 13.7 Å². The summed E-state index contributed by atoms with van der Waals surface area (Å²) in [4.78, 5) is 16.8. The highest BCUT2D eigenvalue weighted by molar-refractivity contribution is 5.97. The van der Waals surface area contributed by atoms with Crippen molar-refractivity contribution >= 4 is 11.4 Å². The van der Waals surface area contributed by atoms with Gasteiger partial charge in [-0.3, -0.25) is 9.78 Å². The molecule has 0 radical (unpaired) electrons. The molecule has 0 aliphatic carbocycles. The van der Waals surface area contributed by atoms with Crippen molar-refractivity contribution in [1.29, 1.82) is 0 Å². The number of carbonyl (C=O) groups excluding carboxylic acids is 1. The van der Waals surface area contributed by atoms with Crippen molar-refractivity contribution in [3.8, 4) is 5.75 Å². The fourth-order valence-electron chi connectivity index (χ4n) is 3.95. The molecule has 0 amide bonds. The number of nitrogens with zero attached hydrogens (tertiary/aromatic N) is 1. The van der Waals surface area contributed by atoms with Gasteiger partial charge in [-0.1, -0.05) is 30.3 Å². The predicted molar refractivity (Wildman–Crippen MR) is 118 cm³/mol. The third-order valence-corrected chi connectivity index (χ3v) is 5.44. The number of methoxy groups -OCH3 is 1. The van der Waals surface area contributed by atoms with E-state index in [1.54, 1.807) is 19.4 Å². The first-order chi connectivity index (χ1) is 15.3. The molecule has 1 unspecified atom stereocenters. The van der Waals surface area contributed by atoms with E-state index in [-0.39, 0.29) is 6.42 Å². The second-order valence-electron chi connectivity index (χ2n) is 8.09. The quantitative estimate of drug-likeness (QED) is 0.492. The Hall–Kier alpha value is -3.38. The highest BCUT2D eigenvalue weighted by atomic mass is 19.1. The number of ether oxygens (including phenoxy) is 2. The van der Waals surface area contributed by atoms with Crippen molar-refractivity contribution < 1.29 is 23.0 Å². The van der Waals surface area contributed by atoms with Crippen LogP contribution in [0.25, 0.3) is 5.57 Å². The standard InChI is InChI=1S/C26H23F2NO3/c1-16-6-4-7-19-20(13-26(2,15-31-3)32-25(16)19)17-10-11-18(29-14-17)12-23(30)24-21(27)8-5-9-22(24)28/h4-11,13-14H,12,15H2,1-3H3. The smallest absolute Gasteiger partial charge is 0.174 e. The van der Waals surface area contributed by atoms with Crippen LogP contribution in [0.5, 0.6) is 5.75 Å². The molecule has 0 bridgehead atoms. The summed E-state index contributed by atoms with van der Waals surface area (Å²) in [5.41, 5.74) is 2.98. The molecule has 164 valence electrons. The summed E-state index contributed by atoms with van der Waals surface area (Å²) in [6, 6.07) is 12.9. The maximum Gasteiger partial charge on any atom is 0.174 e. The summed E-state index contributed by atoms with van der Waals surface area (Å²) in [6.07, 6.45) is 3.48. The Morgan fingerprint density at radius 3 is 2.47 bits per heavy atom. The van der Waals surface area contributed by atoms with Crippen LogP contribution in [0.4, 0.5) is 8.78 Å². The zero-order chi connectivity index (χ0) is 22.9. The van der Waals surface area contributed by atoms with E-state index in [2.05, 4.69) is 4.98 Å². The molecule has 1 aliphatic rings. The third-order valence-electron chi connectivity index (χ3n) is 5.44. The van der Waals surface area contributed by atoms with Crippen molar-refractivity contribution in [3.63, 3.8) is 0 Å². The van der Waals surface area contributed by atoms with Gasteiger partial charge in [0.2, 0.25) is 0 Å². The fourth-order valence-corrected chi connectivity index (χ4v) is 3.95. The summed E-state index contributed by atoms with van der Waals surface area (Å²) in [5, 5.41) is 0. The van der Waals surface area contributed by atoms with E-state index in [0.29, 0.717) is 12.3 Å². The van der Waals surface area contributed by atoms with Gasteiger partial charge in [-0.15, -0.1) is 0 Å². The van der Waals surface area contributed by atoms with Crippen LogP contribution in [0, 0.1) is 18.6 Å². The number of pyridine rings is 1.